The van der Waals surface area contributed by atoms with E-state index in [0.717, 1.165) is 6.42 Å². The molecule has 0 saturated carbocycles. The Morgan fingerprint density at radius 3 is 2.29 bits per heavy atom. The van der Waals surface area contributed by atoms with Gasteiger partial charge in [0.25, 0.3) is 0 Å². The SMILES string of the molecule is CC(C)C(N)C(=O)N(CC1CCN(C(=O)OC(C)(C)C)C1)C(C)C. The molecular weight excluding hydrogens is 306 g/mol. The normalized spacial score (nSPS) is 19.8. The van der Waals surface area contributed by atoms with Crippen LogP contribution >= 0.6 is 0 Å². The van der Waals surface area contributed by atoms with E-state index in [4.69, 9.17) is 10.5 Å². The first kappa shape index (κ1) is 20.7. The zero-order valence-electron chi connectivity index (χ0n) is 16.3. The Balaban J connectivity index is 2.64. The van der Waals surface area contributed by atoms with Crippen LogP contribution in [0.4, 0.5) is 4.79 Å². The van der Waals surface area contributed by atoms with E-state index in [1.165, 1.54) is 0 Å². The summed E-state index contributed by atoms with van der Waals surface area (Å²) in [4.78, 5) is 28.4. The lowest BCUT2D eigenvalue weighted by molar-refractivity contribution is -0.135. The van der Waals surface area contributed by atoms with Gasteiger partial charge in [0.2, 0.25) is 5.91 Å². The highest BCUT2D eigenvalue weighted by Gasteiger charge is 2.33. The Bertz CT molecular complexity index is 443. The van der Waals surface area contributed by atoms with Crippen molar-refractivity contribution < 1.29 is 14.3 Å². The number of carbonyl (C=O) groups excluding carboxylic acids is 2. The van der Waals surface area contributed by atoms with Crippen LogP contribution in [0.2, 0.25) is 0 Å². The van der Waals surface area contributed by atoms with E-state index in [9.17, 15) is 9.59 Å². The zero-order valence-corrected chi connectivity index (χ0v) is 16.3. The van der Waals surface area contributed by atoms with Crippen LogP contribution in [0.25, 0.3) is 0 Å². The molecule has 0 radical (unpaired) electrons. The molecule has 1 rings (SSSR count). The minimum absolute atomic E-state index is 0.00396. The van der Waals surface area contributed by atoms with Gasteiger partial charge in [0, 0.05) is 25.7 Å². The predicted octanol–water partition coefficient (Wildman–Crippen LogP) is 2.46. The summed E-state index contributed by atoms with van der Waals surface area (Å²) >= 11 is 0. The van der Waals surface area contributed by atoms with Crippen molar-refractivity contribution in [3.8, 4) is 0 Å². The second kappa shape index (κ2) is 8.19. The summed E-state index contributed by atoms with van der Waals surface area (Å²) in [6, 6.07) is -0.381. The summed E-state index contributed by atoms with van der Waals surface area (Å²) in [6.07, 6.45) is 0.610. The van der Waals surface area contributed by atoms with Crippen molar-refractivity contribution >= 4 is 12.0 Å². The fourth-order valence-corrected chi connectivity index (χ4v) is 2.78. The van der Waals surface area contributed by atoms with Gasteiger partial charge in [0.1, 0.15) is 5.60 Å². The van der Waals surface area contributed by atoms with Gasteiger partial charge in [-0.15, -0.1) is 0 Å². The molecule has 1 aliphatic rings. The highest BCUT2D eigenvalue weighted by Crippen LogP contribution is 2.22. The van der Waals surface area contributed by atoms with E-state index >= 15 is 0 Å². The molecule has 0 aliphatic carbocycles. The lowest BCUT2D eigenvalue weighted by atomic mass is 10.0. The molecule has 0 bridgehead atoms. The quantitative estimate of drug-likeness (QED) is 0.833. The molecular formula is C18H35N3O3. The molecule has 0 aromatic heterocycles. The van der Waals surface area contributed by atoms with Crippen LogP contribution in [0.5, 0.6) is 0 Å². The molecule has 1 saturated heterocycles. The fourth-order valence-electron chi connectivity index (χ4n) is 2.78. The largest absolute Gasteiger partial charge is 0.444 e. The molecule has 1 aliphatic heterocycles. The maximum atomic E-state index is 12.6. The molecule has 2 amide bonds. The second-order valence-corrected chi connectivity index (χ2v) is 8.44. The molecule has 1 heterocycles. The standard InChI is InChI=1S/C18H35N3O3/c1-12(2)15(19)16(22)21(13(3)4)11-14-8-9-20(10-14)17(23)24-18(5,6)7/h12-15H,8-11,19H2,1-7H3. The third kappa shape index (κ3) is 5.96. The molecule has 6 heteroatoms. The smallest absolute Gasteiger partial charge is 0.410 e. The van der Waals surface area contributed by atoms with Gasteiger partial charge >= 0.3 is 6.09 Å². The molecule has 6 nitrogen and oxygen atoms in total. The van der Waals surface area contributed by atoms with Gasteiger partial charge in [-0.2, -0.15) is 0 Å². The van der Waals surface area contributed by atoms with Crippen LogP contribution in [0.3, 0.4) is 0 Å². The highest BCUT2D eigenvalue weighted by atomic mass is 16.6. The van der Waals surface area contributed by atoms with Crippen molar-refractivity contribution in [2.75, 3.05) is 19.6 Å². The van der Waals surface area contributed by atoms with Crippen LogP contribution < -0.4 is 5.73 Å². The van der Waals surface area contributed by atoms with E-state index in [1.807, 2.05) is 53.4 Å². The molecule has 0 aromatic carbocycles. The van der Waals surface area contributed by atoms with E-state index in [1.54, 1.807) is 4.90 Å². The van der Waals surface area contributed by atoms with Gasteiger partial charge in [0.15, 0.2) is 0 Å². The predicted molar refractivity (Wildman–Crippen MR) is 95.6 cm³/mol. The van der Waals surface area contributed by atoms with E-state index < -0.39 is 11.6 Å². The number of carbonyl (C=O) groups is 2. The first-order valence-electron chi connectivity index (χ1n) is 8.96. The maximum absolute atomic E-state index is 12.6. The summed E-state index contributed by atoms with van der Waals surface area (Å²) in [5.74, 6) is 0.375. The van der Waals surface area contributed by atoms with Crippen LogP contribution in [-0.4, -0.2) is 59.1 Å². The number of likely N-dealkylation sites (tertiary alicyclic amines) is 1. The summed E-state index contributed by atoms with van der Waals surface area (Å²) < 4.78 is 5.43. The topological polar surface area (TPSA) is 75.9 Å². The third-order valence-corrected chi connectivity index (χ3v) is 4.30. The Hall–Kier alpha value is -1.30. The Labute approximate surface area is 146 Å². The Morgan fingerprint density at radius 1 is 1.25 bits per heavy atom. The average molecular weight is 341 g/mol. The van der Waals surface area contributed by atoms with E-state index in [0.29, 0.717) is 19.6 Å². The molecule has 0 spiro atoms. The number of rotatable bonds is 5. The van der Waals surface area contributed by atoms with Gasteiger partial charge in [-0.3, -0.25) is 4.79 Å². The summed E-state index contributed by atoms with van der Waals surface area (Å²) in [5, 5.41) is 0. The Morgan fingerprint density at radius 2 is 1.83 bits per heavy atom. The van der Waals surface area contributed by atoms with E-state index in [-0.39, 0.29) is 29.9 Å². The monoisotopic (exact) mass is 341 g/mol. The van der Waals surface area contributed by atoms with Crippen LogP contribution in [-0.2, 0) is 9.53 Å². The van der Waals surface area contributed by atoms with Crippen molar-refractivity contribution in [1.29, 1.82) is 0 Å². The molecule has 24 heavy (non-hydrogen) atoms. The second-order valence-electron chi connectivity index (χ2n) is 8.44. The molecule has 2 unspecified atom stereocenters. The van der Waals surface area contributed by atoms with Crippen molar-refractivity contribution in [3.05, 3.63) is 0 Å². The number of hydrogen-bond donors (Lipinski definition) is 1. The van der Waals surface area contributed by atoms with Crippen LogP contribution in [0.1, 0.15) is 54.9 Å². The fraction of sp³-hybridized carbons (Fsp3) is 0.889. The van der Waals surface area contributed by atoms with Gasteiger partial charge in [-0.25, -0.2) is 4.79 Å². The average Bonchev–Trinajstić information content (AvgIpc) is 2.89. The van der Waals surface area contributed by atoms with Gasteiger partial charge in [-0.1, -0.05) is 13.8 Å². The first-order chi connectivity index (χ1) is 10.9. The number of nitrogens with zero attached hydrogens (tertiary/aromatic N) is 2. The summed E-state index contributed by atoms with van der Waals surface area (Å²) in [6.45, 7) is 15.5. The molecule has 2 N–H and O–H groups in total. The van der Waals surface area contributed by atoms with Gasteiger partial charge < -0.3 is 20.3 Å². The number of nitrogens with two attached hydrogens (primary N) is 1. The molecule has 140 valence electrons. The zero-order chi connectivity index (χ0) is 18.7. The maximum Gasteiger partial charge on any atom is 0.410 e. The summed E-state index contributed by atoms with van der Waals surface area (Å²) in [5.41, 5.74) is 5.56. The van der Waals surface area contributed by atoms with Gasteiger partial charge in [0.05, 0.1) is 6.04 Å². The minimum atomic E-state index is -0.487. The van der Waals surface area contributed by atoms with Crippen molar-refractivity contribution in [3.63, 3.8) is 0 Å². The first-order valence-corrected chi connectivity index (χ1v) is 8.96. The number of ether oxygens (including phenoxy) is 1. The highest BCUT2D eigenvalue weighted by molar-refractivity contribution is 5.82. The van der Waals surface area contributed by atoms with Gasteiger partial charge in [-0.05, 0) is 52.9 Å². The lowest BCUT2D eigenvalue weighted by Gasteiger charge is -2.32. The minimum Gasteiger partial charge on any atom is -0.444 e. The molecule has 2 atom stereocenters. The number of amides is 2. The van der Waals surface area contributed by atoms with Crippen molar-refractivity contribution in [2.24, 2.45) is 17.6 Å². The van der Waals surface area contributed by atoms with E-state index in [2.05, 4.69) is 0 Å². The summed E-state index contributed by atoms with van der Waals surface area (Å²) in [7, 11) is 0. The molecule has 1 fully saturated rings. The van der Waals surface area contributed by atoms with Crippen molar-refractivity contribution in [2.45, 2.75) is 72.6 Å². The Kier molecular flexibility index (Phi) is 7.08. The third-order valence-electron chi connectivity index (χ3n) is 4.30. The van der Waals surface area contributed by atoms with Crippen LogP contribution in [0.15, 0.2) is 0 Å². The van der Waals surface area contributed by atoms with Crippen molar-refractivity contribution in [1.82, 2.24) is 9.80 Å². The lowest BCUT2D eigenvalue weighted by Crippen LogP contribution is -2.51. The number of hydrogen-bond acceptors (Lipinski definition) is 4. The van der Waals surface area contributed by atoms with Crippen LogP contribution in [0, 0.1) is 11.8 Å². The molecule has 0 aromatic rings.